The molecule has 0 saturated carbocycles. The summed E-state index contributed by atoms with van der Waals surface area (Å²) in [6, 6.07) is 9.12. The van der Waals surface area contributed by atoms with Crippen LogP contribution in [0.4, 0.5) is 10.1 Å². The summed E-state index contributed by atoms with van der Waals surface area (Å²) < 4.78 is 13.5. The lowest BCUT2D eigenvalue weighted by atomic mass is 9.90. The molecule has 1 aliphatic carbocycles. The van der Waals surface area contributed by atoms with E-state index in [9.17, 15) is 4.39 Å². The van der Waals surface area contributed by atoms with Gasteiger partial charge in [-0.05, 0) is 55.0 Å². The average Bonchev–Trinajstić information content (AvgIpc) is 2.54. The highest BCUT2D eigenvalue weighted by molar-refractivity contribution is 14.0. The number of aliphatic imine (C=N–C) groups is 1. The summed E-state index contributed by atoms with van der Waals surface area (Å²) in [7, 11) is 0. The second-order valence-corrected chi connectivity index (χ2v) is 5.41. The van der Waals surface area contributed by atoms with Crippen LogP contribution >= 0.6 is 24.0 Å². The Morgan fingerprint density at radius 2 is 2.04 bits per heavy atom. The minimum absolute atomic E-state index is 0. The normalized spacial score (nSPS) is 13.9. The number of halogens is 2. The van der Waals surface area contributed by atoms with Crippen LogP contribution in [0.1, 0.15) is 29.7 Å². The standard InChI is InChI=1S/C17H19FN4.HI/c18-14-8-4-10-20-16(14)11-21-17(19)22-15-9-3-6-12-5-1-2-7-13(12)15;/h3-4,6,8-10H,1-2,5,7,11H2,(H3,19,21,22);1H. The van der Waals surface area contributed by atoms with Crippen molar-refractivity contribution < 1.29 is 4.39 Å². The van der Waals surface area contributed by atoms with Gasteiger partial charge in [-0.3, -0.25) is 4.98 Å². The third-order valence-electron chi connectivity index (χ3n) is 3.89. The van der Waals surface area contributed by atoms with E-state index in [1.54, 1.807) is 12.3 Å². The van der Waals surface area contributed by atoms with E-state index in [0.717, 1.165) is 18.5 Å². The average molecular weight is 426 g/mol. The van der Waals surface area contributed by atoms with Crippen LogP contribution < -0.4 is 11.1 Å². The van der Waals surface area contributed by atoms with Gasteiger partial charge in [0.25, 0.3) is 0 Å². The van der Waals surface area contributed by atoms with Gasteiger partial charge in [-0.1, -0.05) is 12.1 Å². The highest BCUT2D eigenvalue weighted by Gasteiger charge is 2.13. The minimum Gasteiger partial charge on any atom is -0.370 e. The van der Waals surface area contributed by atoms with Crippen molar-refractivity contribution in [3.63, 3.8) is 0 Å². The molecule has 1 aromatic heterocycles. The van der Waals surface area contributed by atoms with E-state index in [0.29, 0.717) is 5.69 Å². The highest BCUT2D eigenvalue weighted by Crippen LogP contribution is 2.27. The molecule has 122 valence electrons. The van der Waals surface area contributed by atoms with Crippen LogP contribution in [0.3, 0.4) is 0 Å². The van der Waals surface area contributed by atoms with Crippen LogP contribution in [0.25, 0.3) is 0 Å². The third-order valence-corrected chi connectivity index (χ3v) is 3.89. The Kier molecular flexibility index (Phi) is 6.32. The van der Waals surface area contributed by atoms with Crippen molar-refractivity contribution in [2.24, 2.45) is 10.7 Å². The van der Waals surface area contributed by atoms with Crippen LogP contribution in [-0.2, 0) is 19.4 Å². The first-order valence-corrected chi connectivity index (χ1v) is 7.51. The molecule has 0 fully saturated rings. The second kappa shape index (κ2) is 8.24. The fraction of sp³-hybridized carbons (Fsp3) is 0.294. The molecule has 1 aliphatic rings. The van der Waals surface area contributed by atoms with Crippen molar-refractivity contribution >= 4 is 35.6 Å². The summed E-state index contributed by atoms with van der Waals surface area (Å²) >= 11 is 0. The van der Waals surface area contributed by atoms with Crippen molar-refractivity contribution in [2.75, 3.05) is 5.32 Å². The highest BCUT2D eigenvalue weighted by atomic mass is 127. The van der Waals surface area contributed by atoms with Gasteiger partial charge in [0, 0.05) is 11.9 Å². The van der Waals surface area contributed by atoms with Crippen molar-refractivity contribution in [3.8, 4) is 0 Å². The number of anilines is 1. The summed E-state index contributed by atoms with van der Waals surface area (Å²) in [4.78, 5) is 8.14. The van der Waals surface area contributed by atoms with Crippen LogP contribution in [0.2, 0.25) is 0 Å². The van der Waals surface area contributed by atoms with E-state index in [1.807, 2.05) is 12.1 Å². The molecule has 0 radical (unpaired) electrons. The van der Waals surface area contributed by atoms with Gasteiger partial charge in [0.1, 0.15) is 5.82 Å². The van der Waals surface area contributed by atoms with Crippen LogP contribution in [-0.4, -0.2) is 10.9 Å². The molecule has 3 N–H and O–H groups in total. The first kappa shape index (κ1) is 17.7. The van der Waals surface area contributed by atoms with Crippen molar-refractivity contribution in [1.82, 2.24) is 4.98 Å². The van der Waals surface area contributed by atoms with Crippen LogP contribution in [0.15, 0.2) is 41.5 Å². The van der Waals surface area contributed by atoms with Gasteiger partial charge in [0.05, 0.1) is 12.2 Å². The molecule has 1 heterocycles. The Morgan fingerprint density at radius 1 is 1.22 bits per heavy atom. The van der Waals surface area contributed by atoms with E-state index < -0.39 is 0 Å². The van der Waals surface area contributed by atoms with E-state index in [2.05, 4.69) is 21.4 Å². The number of guanidine groups is 1. The second-order valence-electron chi connectivity index (χ2n) is 5.41. The number of hydrogen-bond acceptors (Lipinski definition) is 2. The molecule has 0 aliphatic heterocycles. The lowest BCUT2D eigenvalue weighted by Gasteiger charge is -2.19. The topological polar surface area (TPSA) is 63.3 Å². The maximum Gasteiger partial charge on any atom is 0.193 e. The first-order valence-electron chi connectivity index (χ1n) is 7.51. The number of pyridine rings is 1. The first-order chi connectivity index (χ1) is 10.7. The molecule has 0 unspecified atom stereocenters. The molecule has 3 rings (SSSR count). The largest absolute Gasteiger partial charge is 0.370 e. The van der Waals surface area contributed by atoms with E-state index in [4.69, 9.17) is 5.73 Å². The molecule has 0 saturated heterocycles. The molecular weight excluding hydrogens is 406 g/mol. The minimum atomic E-state index is -0.365. The third kappa shape index (κ3) is 4.40. The number of hydrogen-bond donors (Lipinski definition) is 2. The van der Waals surface area contributed by atoms with Crippen LogP contribution in [0.5, 0.6) is 0 Å². The number of nitrogens with two attached hydrogens (primary N) is 1. The Bertz CT molecular complexity index is 703. The van der Waals surface area contributed by atoms with Gasteiger partial charge in [0.2, 0.25) is 0 Å². The van der Waals surface area contributed by atoms with Crippen molar-refractivity contribution in [1.29, 1.82) is 0 Å². The molecule has 0 spiro atoms. The number of fused-ring (bicyclic) bond motifs is 1. The van der Waals surface area contributed by atoms with Gasteiger partial charge < -0.3 is 11.1 Å². The SMILES string of the molecule is I.NC(=NCc1ncccc1F)Nc1cccc2c1CCCC2. The number of aryl methyl sites for hydroxylation is 1. The fourth-order valence-corrected chi connectivity index (χ4v) is 2.77. The van der Waals surface area contributed by atoms with E-state index in [-0.39, 0.29) is 42.3 Å². The van der Waals surface area contributed by atoms with Crippen LogP contribution in [0, 0.1) is 5.82 Å². The lowest BCUT2D eigenvalue weighted by Crippen LogP contribution is -2.24. The van der Waals surface area contributed by atoms with Gasteiger partial charge in [-0.2, -0.15) is 0 Å². The maximum absolute atomic E-state index is 13.5. The summed E-state index contributed by atoms with van der Waals surface area (Å²) in [5, 5.41) is 3.14. The Hall–Kier alpha value is -1.70. The van der Waals surface area contributed by atoms with Gasteiger partial charge in [-0.25, -0.2) is 9.38 Å². The molecule has 0 atom stereocenters. The quantitative estimate of drug-likeness (QED) is 0.448. The zero-order valence-electron chi connectivity index (χ0n) is 12.8. The Balaban J connectivity index is 0.00000192. The molecule has 1 aromatic carbocycles. The number of nitrogens with zero attached hydrogens (tertiary/aromatic N) is 2. The monoisotopic (exact) mass is 426 g/mol. The molecular formula is C17H20FIN4. The molecule has 0 amide bonds. The number of benzene rings is 1. The summed E-state index contributed by atoms with van der Waals surface area (Å²) in [5.74, 6) is -0.0832. The summed E-state index contributed by atoms with van der Waals surface area (Å²) in [5.41, 5.74) is 9.91. The Labute approximate surface area is 152 Å². The lowest BCUT2D eigenvalue weighted by molar-refractivity contribution is 0.600. The molecule has 2 aromatic rings. The predicted molar refractivity (Wildman–Crippen MR) is 102 cm³/mol. The number of nitrogens with one attached hydrogen (secondary N) is 1. The smallest absolute Gasteiger partial charge is 0.193 e. The molecule has 4 nitrogen and oxygen atoms in total. The zero-order valence-corrected chi connectivity index (χ0v) is 15.1. The predicted octanol–water partition coefficient (Wildman–Crippen LogP) is 3.64. The Morgan fingerprint density at radius 3 is 2.87 bits per heavy atom. The molecule has 6 heteroatoms. The number of aromatic nitrogens is 1. The zero-order chi connectivity index (χ0) is 15.4. The number of rotatable bonds is 3. The van der Waals surface area contributed by atoms with Gasteiger partial charge in [0.15, 0.2) is 5.96 Å². The molecule has 0 bridgehead atoms. The van der Waals surface area contributed by atoms with E-state index in [1.165, 1.54) is 30.0 Å². The van der Waals surface area contributed by atoms with Gasteiger partial charge >= 0.3 is 0 Å². The summed E-state index contributed by atoms with van der Waals surface area (Å²) in [6.07, 6.45) is 6.15. The fourth-order valence-electron chi connectivity index (χ4n) is 2.77. The van der Waals surface area contributed by atoms with Crippen molar-refractivity contribution in [2.45, 2.75) is 32.2 Å². The summed E-state index contributed by atoms with van der Waals surface area (Å²) in [6.45, 7) is 0.126. The van der Waals surface area contributed by atoms with E-state index >= 15 is 0 Å². The molecule has 23 heavy (non-hydrogen) atoms. The van der Waals surface area contributed by atoms with Gasteiger partial charge in [-0.15, -0.1) is 24.0 Å². The maximum atomic E-state index is 13.5. The van der Waals surface area contributed by atoms with Crippen molar-refractivity contribution in [3.05, 3.63) is 59.2 Å².